The molecule has 2 aromatic carbocycles. The molecular weight excluding hydrogens is 412 g/mol. The second kappa shape index (κ2) is 12.1. The van der Waals surface area contributed by atoms with Crippen LogP contribution in [0.25, 0.3) is 0 Å². The summed E-state index contributed by atoms with van der Waals surface area (Å²) in [5.41, 5.74) is 3.12. The Kier molecular flexibility index (Phi) is 9.25. The first-order chi connectivity index (χ1) is 15.1. The second-order valence-electron chi connectivity index (χ2n) is 7.89. The second-order valence-corrected chi connectivity index (χ2v) is 9.14. The normalized spacial score (nSPS) is 16.1. The third-order valence-electron chi connectivity index (χ3n) is 5.77. The molecule has 6 heteroatoms. The van der Waals surface area contributed by atoms with Gasteiger partial charge in [0.25, 0.3) is 0 Å². The Balaban J connectivity index is 1.90. The third kappa shape index (κ3) is 6.48. The number of carbonyl (C=O) groups excluding carboxylic acids is 1. The molecule has 0 amide bonds. The summed E-state index contributed by atoms with van der Waals surface area (Å²) in [6.07, 6.45) is 3.98. The van der Waals surface area contributed by atoms with Crippen molar-refractivity contribution in [3.8, 4) is 5.75 Å². The molecule has 0 bridgehead atoms. The van der Waals surface area contributed by atoms with Gasteiger partial charge in [-0.25, -0.2) is 0 Å². The Bertz CT molecular complexity index is 820. The number of methoxy groups -OCH3 is 1. The van der Waals surface area contributed by atoms with Gasteiger partial charge in [-0.05, 0) is 29.9 Å². The van der Waals surface area contributed by atoms with Crippen LogP contribution in [0.4, 0.5) is 0 Å². The van der Waals surface area contributed by atoms with Crippen molar-refractivity contribution < 1.29 is 24.5 Å². The van der Waals surface area contributed by atoms with Crippen molar-refractivity contribution in [2.45, 2.75) is 56.0 Å². The maximum atomic E-state index is 11.6. The Labute approximate surface area is 188 Å². The van der Waals surface area contributed by atoms with Crippen molar-refractivity contribution >= 4 is 17.7 Å². The first-order valence-corrected chi connectivity index (χ1v) is 12.0. The van der Waals surface area contributed by atoms with Gasteiger partial charge in [-0.2, -0.15) is 11.8 Å². The van der Waals surface area contributed by atoms with Crippen LogP contribution < -0.4 is 4.74 Å². The standard InChI is InChI=1S/C25H32O5S/c1-29-23(28)14-15-31-25(22(27)16-26)21-13-7-12-20(19-10-5-6-11-19)24(21)30-17-18-8-3-2-4-9-18/h2-4,7-9,12-13,19,22,25-27H,5-6,10-11,14-17H2,1H3. The van der Waals surface area contributed by atoms with Crippen molar-refractivity contribution in [1.29, 1.82) is 0 Å². The van der Waals surface area contributed by atoms with Crippen LogP contribution in [0.15, 0.2) is 48.5 Å². The predicted octanol–water partition coefficient (Wildman–Crippen LogP) is 4.61. The summed E-state index contributed by atoms with van der Waals surface area (Å²) in [6.45, 7) is 0.0774. The Morgan fingerprint density at radius 1 is 1.13 bits per heavy atom. The number of rotatable bonds is 11. The van der Waals surface area contributed by atoms with E-state index in [0.717, 1.165) is 29.7 Å². The van der Waals surface area contributed by atoms with E-state index in [2.05, 4.69) is 6.07 Å². The lowest BCUT2D eigenvalue weighted by Gasteiger charge is -2.27. The molecule has 2 atom stereocenters. The van der Waals surface area contributed by atoms with E-state index in [0.29, 0.717) is 18.3 Å². The summed E-state index contributed by atoms with van der Waals surface area (Å²) in [5, 5.41) is 19.9. The first-order valence-electron chi connectivity index (χ1n) is 10.9. The van der Waals surface area contributed by atoms with E-state index in [4.69, 9.17) is 9.47 Å². The van der Waals surface area contributed by atoms with Gasteiger partial charge in [0.1, 0.15) is 12.4 Å². The average molecular weight is 445 g/mol. The molecule has 0 aliphatic heterocycles. The molecule has 0 spiro atoms. The zero-order valence-corrected chi connectivity index (χ0v) is 18.9. The van der Waals surface area contributed by atoms with Crippen LogP contribution in [0.1, 0.15) is 60.0 Å². The molecule has 0 heterocycles. The number of thioether (sulfide) groups is 1. The number of para-hydroxylation sites is 1. The van der Waals surface area contributed by atoms with Crippen LogP contribution >= 0.6 is 11.8 Å². The molecule has 1 saturated carbocycles. The molecule has 0 radical (unpaired) electrons. The van der Waals surface area contributed by atoms with Crippen LogP contribution in [0, 0.1) is 0 Å². The minimum Gasteiger partial charge on any atom is -0.488 e. The van der Waals surface area contributed by atoms with E-state index in [-0.39, 0.29) is 19.0 Å². The van der Waals surface area contributed by atoms with Gasteiger partial charge in [0, 0.05) is 11.3 Å². The minimum absolute atomic E-state index is 0.248. The lowest BCUT2D eigenvalue weighted by atomic mass is 9.92. The van der Waals surface area contributed by atoms with Gasteiger partial charge in [-0.3, -0.25) is 4.79 Å². The number of hydrogen-bond acceptors (Lipinski definition) is 6. The predicted molar refractivity (Wildman–Crippen MR) is 123 cm³/mol. The van der Waals surface area contributed by atoms with Gasteiger partial charge >= 0.3 is 5.97 Å². The number of aliphatic hydroxyl groups is 2. The molecule has 2 unspecified atom stereocenters. The number of aliphatic hydroxyl groups excluding tert-OH is 2. The highest BCUT2D eigenvalue weighted by atomic mass is 32.2. The Morgan fingerprint density at radius 2 is 1.87 bits per heavy atom. The van der Waals surface area contributed by atoms with Crippen LogP contribution in [0.3, 0.4) is 0 Å². The maximum absolute atomic E-state index is 11.6. The van der Waals surface area contributed by atoms with Crippen LogP contribution in [0.5, 0.6) is 5.75 Å². The van der Waals surface area contributed by atoms with Crippen molar-refractivity contribution in [3.05, 3.63) is 65.2 Å². The lowest BCUT2D eigenvalue weighted by Crippen LogP contribution is -2.22. The van der Waals surface area contributed by atoms with Gasteiger partial charge < -0.3 is 19.7 Å². The number of esters is 1. The van der Waals surface area contributed by atoms with Gasteiger partial charge in [0.05, 0.1) is 31.5 Å². The molecule has 1 aliphatic carbocycles. The van der Waals surface area contributed by atoms with Crippen molar-refractivity contribution in [1.82, 2.24) is 0 Å². The van der Waals surface area contributed by atoms with Crippen molar-refractivity contribution in [2.24, 2.45) is 0 Å². The van der Waals surface area contributed by atoms with Gasteiger partial charge in [0.2, 0.25) is 0 Å². The quantitative estimate of drug-likeness (QED) is 0.493. The summed E-state index contributed by atoms with van der Waals surface area (Å²) in [6, 6.07) is 16.1. The topological polar surface area (TPSA) is 76.0 Å². The highest BCUT2D eigenvalue weighted by molar-refractivity contribution is 7.99. The first kappa shape index (κ1) is 23.6. The zero-order chi connectivity index (χ0) is 22.1. The molecule has 2 aromatic rings. The molecule has 0 aromatic heterocycles. The summed E-state index contributed by atoms with van der Waals surface area (Å²) in [4.78, 5) is 11.6. The monoisotopic (exact) mass is 444 g/mol. The SMILES string of the molecule is COC(=O)CCSC(c1cccc(C2CCCC2)c1OCc1ccccc1)C(O)CO. The molecule has 5 nitrogen and oxygen atoms in total. The van der Waals surface area contributed by atoms with Crippen molar-refractivity contribution in [2.75, 3.05) is 19.5 Å². The number of carbonyl (C=O) groups is 1. The molecule has 31 heavy (non-hydrogen) atoms. The zero-order valence-electron chi connectivity index (χ0n) is 18.0. The molecule has 168 valence electrons. The average Bonchev–Trinajstić information content (AvgIpc) is 3.35. The molecule has 1 fully saturated rings. The fourth-order valence-electron chi connectivity index (χ4n) is 4.13. The van der Waals surface area contributed by atoms with E-state index in [1.807, 2.05) is 42.5 Å². The van der Waals surface area contributed by atoms with Crippen LogP contribution in [-0.2, 0) is 16.1 Å². The molecule has 1 aliphatic rings. The smallest absolute Gasteiger partial charge is 0.306 e. The minimum atomic E-state index is -0.958. The van der Waals surface area contributed by atoms with Crippen LogP contribution in [0.2, 0.25) is 0 Å². The number of benzene rings is 2. The third-order valence-corrected chi connectivity index (χ3v) is 7.14. The summed E-state index contributed by atoms with van der Waals surface area (Å²) < 4.78 is 11.1. The Morgan fingerprint density at radius 3 is 2.55 bits per heavy atom. The molecule has 2 N–H and O–H groups in total. The van der Waals surface area contributed by atoms with E-state index in [9.17, 15) is 15.0 Å². The highest BCUT2D eigenvalue weighted by Crippen LogP contribution is 2.45. The van der Waals surface area contributed by atoms with Gasteiger partial charge in [-0.1, -0.05) is 61.4 Å². The van der Waals surface area contributed by atoms with Gasteiger partial charge in [0.15, 0.2) is 0 Å². The molecular formula is C25H32O5S. The molecule has 0 saturated heterocycles. The maximum Gasteiger partial charge on any atom is 0.306 e. The Hall–Kier alpha value is -2.02. The lowest BCUT2D eigenvalue weighted by molar-refractivity contribution is -0.140. The van der Waals surface area contributed by atoms with Crippen LogP contribution in [-0.4, -0.2) is 41.8 Å². The summed E-state index contributed by atoms with van der Waals surface area (Å²) >= 11 is 1.45. The summed E-state index contributed by atoms with van der Waals surface area (Å²) in [5.74, 6) is 1.45. The summed E-state index contributed by atoms with van der Waals surface area (Å²) in [7, 11) is 1.37. The highest BCUT2D eigenvalue weighted by Gasteiger charge is 2.29. The largest absolute Gasteiger partial charge is 0.488 e. The van der Waals surface area contributed by atoms with E-state index in [1.54, 1.807) is 0 Å². The van der Waals surface area contributed by atoms with E-state index >= 15 is 0 Å². The molecule has 3 rings (SSSR count). The van der Waals surface area contributed by atoms with E-state index in [1.165, 1.54) is 37.3 Å². The van der Waals surface area contributed by atoms with Crippen molar-refractivity contribution in [3.63, 3.8) is 0 Å². The number of hydrogen-bond donors (Lipinski definition) is 2. The fourth-order valence-corrected chi connectivity index (χ4v) is 5.34. The van der Waals surface area contributed by atoms with Gasteiger partial charge in [-0.15, -0.1) is 0 Å². The fraction of sp³-hybridized carbons (Fsp3) is 0.480. The van der Waals surface area contributed by atoms with E-state index < -0.39 is 11.4 Å². The number of ether oxygens (including phenoxy) is 2.